The van der Waals surface area contributed by atoms with E-state index in [9.17, 15) is 18.0 Å². The fourth-order valence-electron chi connectivity index (χ4n) is 1.53. The average Bonchev–Trinajstić information content (AvgIpc) is 2.36. The van der Waals surface area contributed by atoms with Crippen LogP contribution in [0, 0.1) is 11.3 Å². The molecule has 1 unspecified atom stereocenters. The molecule has 0 bridgehead atoms. The molecule has 0 saturated heterocycles. The lowest BCUT2D eigenvalue weighted by Gasteiger charge is -2.20. The van der Waals surface area contributed by atoms with Crippen LogP contribution in [0.2, 0.25) is 0 Å². The van der Waals surface area contributed by atoms with Crippen LogP contribution in [-0.4, -0.2) is 31.0 Å². The van der Waals surface area contributed by atoms with Crippen molar-refractivity contribution in [2.24, 2.45) is 0 Å². The number of carbonyl (C=O) groups is 1. The van der Waals surface area contributed by atoms with Crippen LogP contribution in [0.15, 0.2) is 18.2 Å². The van der Waals surface area contributed by atoms with Crippen LogP contribution < -0.4 is 4.74 Å². The third-order valence-electron chi connectivity index (χ3n) is 2.51. The first-order valence-corrected chi connectivity index (χ1v) is 5.66. The summed E-state index contributed by atoms with van der Waals surface area (Å²) in [5, 5.41) is 8.64. The summed E-state index contributed by atoms with van der Waals surface area (Å²) in [7, 11) is 2.96. The highest BCUT2D eigenvalue weighted by molar-refractivity contribution is 5.80. The van der Waals surface area contributed by atoms with E-state index in [-0.39, 0.29) is 5.56 Å². The molecule has 0 aliphatic carbocycles. The van der Waals surface area contributed by atoms with Gasteiger partial charge in [-0.3, -0.25) is 4.79 Å². The summed E-state index contributed by atoms with van der Waals surface area (Å²) in [6.07, 6.45) is -5.72. The normalized spacial score (nSPS) is 12.4. The molecular formula is C13H13F3N2O2. The van der Waals surface area contributed by atoms with Crippen LogP contribution in [-0.2, 0) is 11.0 Å². The van der Waals surface area contributed by atoms with Crippen LogP contribution in [0.4, 0.5) is 13.2 Å². The highest BCUT2D eigenvalue weighted by Gasteiger charge is 2.35. The second-order valence-corrected chi connectivity index (χ2v) is 4.31. The quantitative estimate of drug-likeness (QED) is 0.857. The van der Waals surface area contributed by atoms with Gasteiger partial charge in [0.05, 0.1) is 17.2 Å². The van der Waals surface area contributed by atoms with Crippen molar-refractivity contribution in [1.82, 2.24) is 4.90 Å². The molecular weight excluding hydrogens is 273 g/mol. The van der Waals surface area contributed by atoms with E-state index in [4.69, 9.17) is 10.00 Å². The first-order valence-electron chi connectivity index (χ1n) is 5.66. The van der Waals surface area contributed by atoms with Gasteiger partial charge in [-0.25, -0.2) is 0 Å². The summed E-state index contributed by atoms with van der Waals surface area (Å²) >= 11 is 0. The van der Waals surface area contributed by atoms with E-state index in [1.807, 2.05) is 0 Å². The molecule has 4 nitrogen and oxygen atoms in total. The Morgan fingerprint density at radius 2 is 2.00 bits per heavy atom. The van der Waals surface area contributed by atoms with Crippen molar-refractivity contribution in [2.45, 2.75) is 19.2 Å². The molecule has 0 heterocycles. The van der Waals surface area contributed by atoms with Crippen LogP contribution in [0.1, 0.15) is 18.1 Å². The zero-order chi connectivity index (χ0) is 15.5. The van der Waals surface area contributed by atoms with Gasteiger partial charge in [0.15, 0.2) is 6.10 Å². The van der Waals surface area contributed by atoms with Crippen molar-refractivity contribution in [3.63, 3.8) is 0 Å². The molecule has 7 heteroatoms. The molecule has 0 radical (unpaired) electrons. The van der Waals surface area contributed by atoms with Crippen LogP contribution in [0.3, 0.4) is 0 Å². The van der Waals surface area contributed by atoms with Gasteiger partial charge in [0.1, 0.15) is 5.75 Å². The Hall–Kier alpha value is -2.23. The highest BCUT2D eigenvalue weighted by atomic mass is 19.4. The number of benzene rings is 1. The van der Waals surface area contributed by atoms with Gasteiger partial charge in [-0.2, -0.15) is 18.4 Å². The molecule has 0 fully saturated rings. The monoisotopic (exact) mass is 286 g/mol. The second-order valence-electron chi connectivity index (χ2n) is 4.31. The number of alkyl halides is 3. The summed E-state index contributed by atoms with van der Waals surface area (Å²) in [6.45, 7) is 1.36. The molecule has 1 aromatic rings. The lowest BCUT2D eigenvalue weighted by Crippen LogP contribution is -2.35. The van der Waals surface area contributed by atoms with E-state index in [0.29, 0.717) is 6.07 Å². The Morgan fingerprint density at radius 3 is 2.45 bits per heavy atom. The number of ether oxygens (including phenoxy) is 1. The summed E-state index contributed by atoms with van der Waals surface area (Å²) in [4.78, 5) is 12.8. The Bertz CT molecular complexity index is 548. The van der Waals surface area contributed by atoms with E-state index in [2.05, 4.69) is 0 Å². The predicted molar refractivity (Wildman–Crippen MR) is 64.9 cm³/mol. The average molecular weight is 286 g/mol. The largest absolute Gasteiger partial charge is 0.480 e. The number of carbonyl (C=O) groups excluding carboxylic acids is 1. The Kier molecular flexibility index (Phi) is 4.61. The lowest BCUT2D eigenvalue weighted by molar-refractivity contribution is -0.142. The summed E-state index contributed by atoms with van der Waals surface area (Å²) < 4.78 is 43.7. The zero-order valence-electron chi connectivity index (χ0n) is 11.2. The Morgan fingerprint density at radius 1 is 1.40 bits per heavy atom. The van der Waals surface area contributed by atoms with E-state index in [1.54, 1.807) is 6.07 Å². The maximum Gasteiger partial charge on any atom is 0.420 e. The van der Waals surface area contributed by atoms with E-state index >= 15 is 0 Å². The van der Waals surface area contributed by atoms with Crippen LogP contribution in [0.5, 0.6) is 5.75 Å². The first kappa shape index (κ1) is 15.8. The molecule has 20 heavy (non-hydrogen) atoms. The van der Waals surface area contributed by atoms with Crippen LogP contribution >= 0.6 is 0 Å². The number of nitrogens with zero attached hydrogens (tertiary/aromatic N) is 2. The topological polar surface area (TPSA) is 53.3 Å². The number of hydrogen-bond acceptors (Lipinski definition) is 3. The minimum Gasteiger partial charge on any atom is -0.480 e. The summed E-state index contributed by atoms with van der Waals surface area (Å²) in [6, 6.07) is 4.58. The van der Waals surface area contributed by atoms with Gasteiger partial charge >= 0.3 is 6.18 Å². The van der Waals surface area contributed by atoms with Crippen molar-refractivity contribution in [3.05, 3.63) is 29.3 Å². The zero-order valence-corrected chi connectivity index (χ0v) is 11.2. The molecule has 0 aromatic heterocycles. The van der Waals surface area contributed by atoms with E-state index in [1.165, 1.54) is 32.0 Å². The van der Waals surface area contributed by atoms with Crippen molar-refractivity contribution in [1.29, 1.82) is 5.26 Å². The Labute approximate surface area is 114 Å². The smallest absolute Gasteiger partial charge is 0.420 e. The number of likely N-dealkylation sites (N-methyl/N-ethyl adjacent to an activating group) is 1. The number of nitriles is 1. The van der Waals surface area contributed by atoms with Gasteiger partial charge < -0.3 is 9.64 Å². The molecule has 0 spiro atoms. The first-order chi connectivity index (χ1) is 9.16. The third kappa shape index (κ3) is 3.63. The minimum absolute atomic E-state index is 0.128. The molecule has 1 amide bonds. The van der Waals surface area contributed by atoms with Gasteiger partial charge in [-0.1, -0.05) is 0 Å². The van der Waals surface area contributed by atoms with E-state index < -0.39 is 29.5 Å². The number of halogens is 3. The van der Waals surface area contributed by atoms with Crippen molar-refractivity contribution >= 4 is 5.91 Å². The fourth-order valence-corrected chi connectivity index (χ4v) is 1.53. The van der Waals surface area contributed by atoms with Gasteiger partial charge in [-0.15, -0.1) is 0 Å². The summed E-state index contributed by atoms with van der Waals surface area (Å²) in [5.74, 6) is -0.929. The van der Waals surface area contributed by atoms with Crippen molar-refractivity contribution in [3.8, 4) is 11.8 Å². The SMILES string of the molecule is CC(Oc1ccc(C#N)cc1C(F)(F)F)C(=O)N(C)C. The van der Waals surface area contributed by atoms with Gasteiger partial charge in [-0.05, 0) is 25.1 Å². The van der Waals surface area contributed by atoms with Crippen molar-refractivity contribution < 1.29 is 22.7 Å². The maximum absolute atomic E-state index is 12.9. The predicted octanol–water partition coefficient (Wildman–Crippen LogP) is 2.43. The molecule has 1 atom stereocenters. The molecule has 1 rings (SSSR count). The molecule has 0 aliphatic heterocycles. The standard InChI is InChI=1S/C13H13F3N2O2/c1-8(12(19)18(2)3)20-11-5-4-9(7-17)6-10(11)13(14,15)16/h4-6,8H,1-3H3. The van der Waals surface area contributed by atoms with E-state index in [0.717, 1.165) is 6.07 Å². The molecule has 0 saturated carbocycles. The number of hydrogen-bond donors (Lipinski definition) is 0. The summed E-state index contributed by atoms with van der Waals surface area (Å²) in [5.41, 5.74) is -1.20. The molecule has 108 valence electrons. The van der Waals surface area contributed by atoms with Gasteiger partial charge in [0.2, 0.25) is 0 Å². The molecule has 0 aliphatic rings. The minimum atomic E-state index is -4.66. The highest BCUT2D eigenvalue weighted by Crippen LogP contribution is 2.37. The third-order valence-corrected chi connectivity index (χ3v) is 2.51. The Balaban J connectivity index is 3.13. The van der Waals surface area contributed by atoms with Gasteiger partial charge in [0.25, 0.3) is 5.91 Å². The van der Waals surface area contributed by atoms with Crippen LogP contribution in [0.25, 0.3) is 0 Å². The van der Waals surface area contributed by atoms with Crippen molar-refractivity contribution in [2.75, 3.05) is 14.1 Å². The molecule has 0 N–H and O–H groups in total. The number of amides is 1. The maximum atomic E-state index is 12.9. The molecule has 1 aromatic carbocycles. The van der Waals surface area contributed by atoms with Gasteiger partial charge in [0, 0.05) is 14.1 Å². The lowest BCUT2D eigenvalue weighted by atomic mass is 10.1. The number of rotatable bonds is 3. The second kappa shape index (κ2) is 5.82. The fraction of sp³-hybridized carbons (Fsp3) is 0.385.